The molecule has 1 atom stereocenters. The van der Waals surface area contributed by atoms with Gasteiger partial charge in [-0.1, -0.05) is 35.9 Å². The quantitative estimate of drug-likeness (QED) is 0.730. The molecular weight excluding hydrogens is 404 g/mol. The number of ether oxygens (including phenoxy) is 2. The first kappa shape index (κ1) is 22.0. The Bertz CT molecular complexity index is 881. The van der Waals surface area contributed by atoms with Crippen LogP contribution in [0.25, 0.3) is 0 Å². The zero-order chi connectivity index (χ0) is 21.5. The number of amides is 2. The minimum atomic E-state index is -0.631. The van der Waals surface area contributed by atoms with Gasteiger partial charge in [0.2, 0.25) is 5.91 Å². The summed E-state index contributed by atoms with van der Waals surface area (Å²) in [7, 11) is 1.61. The summed E-state index contributed by atoms with van der Waals surface area (Å²) in [5, 5.41) is 3.59. The van der Waals surface area contributed by atoms with Gasteiger partial charge in [0, 0.05) is 29.7 Å². The van der Waals surface area contributed by atoms with Crippen LogP contribution in [0, 0.1) is 0 Å². The van der Waals surface area contributed by atoms with Gasteiger partial charge in [-0.25, -0.2) is 0 Å². The molecule has 1 fully saturated rings. The first-order valence-electron chi connectivity index (χ1n) is 10.1. The minimum absolute atomic E-state index is 0.0261. The minimum Gasteiger partial charge on any atom is -0.496 e. The van der Waals surface area contributed by atoms with Gasteiger partial charge in [0.05, 0.1) is 13.5 Å². The Labute approximate surface area is 182 Å². The first-order valence-corrected chi connectivity index (χ1v) is 10.5. The van der Waals surface area contributed by atoms with Crippen molar-refractivity contribution in [3.05, 3.63) is 59.1 Å². The number of carbonyl (C=O) groups excluding carboxylic acids is 2. The van der Waals surface area contributed by atoms with E-state index < -0.39 is 6.10 Å². The maximum atomic E-state index is 12.7. The van der Waals surface area contributed by atoms with Crippen molar-refractivity contribution in [3.8, 4) is 11.5 Å². The molecule has 1 heterocycles. The number of benzene rings is 2. The normalized spacial score (nSPS) is 15.4. The van der Waals surface area contributed by atoms with Crippen LogP contribution in [-0.2, 0) is 16.0 Å². The lowest BCUT2D eigenvalue weighted by atomic mass is 10.0. The number of nitrogens with zero attached hydrogens (tertiary/aromatic N) is 1. The molecule has 0 spiro atoms. The third kappa shape index (κ3) is 5.89. The number of likely N-dealkylation sites (tertiary alicyclic amines) is 1. The molecule has 2 aromatic rings. The maximum absolute atomic E-state index is 12.7. The largest absolute Gasteiger partial charge is 0.496 e. The smallest absolute Gasteiger partial charge is 0.260 e. The molecule has 0 bridgehead atoms. The van der Waals surface area contributed by atoms with E-state index >= 15 is 0 Å². The van der Waals surface area contributed by atoms with Crippen molar-refractivity contribution in [1.82, 2.24) is 10.2 Å². The second kappa shape index (κ2) is 10.3. The van der Waals surface area contributed by atoms with E-state index in [0.29, 0.717) is 43.1 Å². The molecule has 1 saturated heterocycles. The van der Waals surface area contributed by atoms with E-state index in [4.69, 9.17) is 21.1 Å². The van der Waals surface area contributed by atoms with Crippen molar-refractivity contribution in [1.29, 1.82) is 0 Å². The van der Waals surface area contributed by atoms with Crippen LogP contribution in [0.2, 0.25) is 5.02 Å². The van der Waals surface area contributed by atoms with E-state index in [-0.39, 0.29) is 17.9 Å². The van der Waals surface area contributed by atoms with E-state index in [1.165, 1.54) is 0 Å². The average molecular weight is 431 g/mol. The molecule has 1 aliphatic rings. The summed E-state index contributed by atoms with van der Waals surface area (Å²) in [4.78, 5) is 27.0. The van der Waals surface area contributed by atoms with Crippen LogP contribution < -0.4 is 14.8 Å². The number of rotatable bonds is 7. The number of methoxy groups -OCH3 is 1. The Balaban J connectivity index is 1.45. The average Bonchev–Trinajstić information content (AvgIpc) is 2.74. The summed E-state index contributed by atoms with van der Waals surface area (Å²) in [6.07, 6.45) is 1.11. The van der Waals surface area contributed by atoms with Gasteiger partial charge in [-0.15, -0.1) is 0 Å². The van der Waals surface area contributed by atoms with Gasteiger partial charge in [-0.05, 0) is 44.0 Å². The Morgan fingerprint density at radius 1 is 1.17 bits per heavy atom. The highest BCUT2D eigenvalue weighted by molar-refractivity contribution is 6.30. The molecule has 0 saturated carbocycles. The number of piperidine rings is 1. The van der Waals surface area contributed by atoms with Crippen molar-refractivity contribution in [2.24, 2.45) is 0 Å². The molecule has 0 aromatic heterocycles. The second-order valence-electron chi connectivity index (χ2n) is 7.37. The number of hydrogen-bond acceptors (Lipinski definition) is 4. The highest BCUT2D eigenvalue weighted by Crippen LogP contribution is 2.21. The van der Waals surface area contributed by atoms with Crippen LogP contribution in [0.4, 0.5) is 0 Å². The summed E-state index contributed by atoms with van der Waals surface area (Å²) in [6.45, 7) is 2.94. The standard InChI is InChI=1S/C23H27ClN2O4/c1-16(30-20-8-5-7-18(24)15-20)23(28)25-19-10-12-26(13-11-19)22(27)14-17-6-3-4-9-21(17)29-2/h3-9,15-16,19H,10-14H2,1-2H3,(H,25,28). The van der Waals surface area contributed by atoms with Crippen LogP contribution in [0.15, 0.2) is 48.5 Å². The third-order valence-electron chi connectivity index (χ3n) is 5.21. The van der Waals surface area contributed by atoms with E-state index in [2.05, 4.69) is 5.32 Å². The van der Waals surface area contributed by atoms with Gasteiger partial charge < -0.3 is 19.7 Å². The van der Waals surface area contributed by atoms with Gasteiger partial charge in [-0.2, -0.15) is 0 Å². The molecule has 160 valence electrons. The van der Waals surface area contributed by atoms with Crippen LogP contribution in [0.5, 0.6) is 11.5 Å². The zero-order valence-corrected chi connectivity index (χ0v) is 18.0. The van der Waals surface area contributed by atoms with Gasteiger partial charge in [-0.3, -0.25) is 9.59 Å². The number of halogens is 1. The number of para-hydroxylation sites is 1. The number of nitrogens with one attached hydrogen (secondary N) is 1. The molecule has 1 N–H and O–H groups in total. The molecular formula is C23H27ClN2O4. The summed E-state index contributed by atoms with van der Waals surface area (Å²) in [6, 6.07) is 14.6. The Morgan fingerprint density at radius 2 is 1.90 bits per heavy atom. The van der Waals surface area contributed by atoms with Crippen LogP contribution in [0.3, 0.4) is 0 Å². The fraction of sp³-hybridized carbons (Fsp3) is 0.391. The predicted molar refractivity (Wildman–Crippen MR) is 116 cm³/mol. The molecule has 2 amide bonds. The Kier molecular flexibility index (Phi) is 7.57. The molecule has 0 aliphatic carbocycles. The van der Waals surface area contributed by atoms with Gasteiger partial charge in [0.1, 0.15) is 11.5 Å². The fourth-order valence-corrected chi connectivity index (χ4v) is 3.69. The Morgan fingerprint density at radius 3 is 2.60 bits per heavy atom. The molecule has 1 unspecified atom stereocenters. The second-order valence-corrected chi connectivity index (χ2v) is 7.81. The van der Waals surface area contributed by atoms with Crippen LogP contribution in [-0.4, -0.2) is 49.1 Å². The summed E-state index contributed by atoms with van der Waals surface area (Å²) < 4.78 is 11.0. The van der Waals surface area contributed by atoms with Crippen LogP contribution in [0.1, 0.15) is 25.3 Å². The molecule has 2 aromatic carbocycles. The fourth-order valence-electron chi connectivity index (χ4n) is 3.51. The molecule has 0 radical (unpaired) electrons. The summed E-state index contributed by atoms with van der Waals surface area (Å²) >= 11 is 5.95. The highest BCUT2D eigenvalue weighted by atomic mass is 35.5. The Hall–Kier alpha value is -2.73. The predicted octanol–water partition coefficient (Wildman–Crippen LogP) is 3.47. The lowest BCUT2D eigenvalue weighted by Crippen LogP contribution is -2.49. The van der Waals surface area contributed by atoms with Crippen molar-refractivity contribution < 1.29 is 19.1 Å². The molecule has 6 nitrogen and oxygen atoms in total. The van der Waals surface area contributed by atoms with Crippen molar-refractivity contribution in [2.75, 3.05) is 20.2 Å². The first-order chi connectivity index (χ1) is 14.5. The third-order valence-corrected chi connectivity index (χ3v) is 5.44. The molecule has 3 rings (SSSR count). The van der Waals surface area contributed by atoms with Gasteiger partial charge in [0.15, 0.2) is 6.10 Å². The lowest BCUT2D eigenvalue weighted by molar-refractivity contribution is -0.132. The van der Waals surface area contributed by atoms with Gasteiger partial charge >= 0.3 is 0 Å². The molecule has 1 aliphatic heterocycles. The van der Waals surface area contributed by atoms with E-state index in [1.54, 1.807) is 38.3 Å². The SMILES string of the molecule is COc1ccccc1CC(=O)N1CCC(NC(=O)C(C)Oc2cccc(Cl)c2)CC1. The van der Waals surface area contributed by atoms with Gasteiger partial charge in [0.25, 0.3) is 5.91 Å². The topological polar surface area (TPSA) is 67.9 Å². The summed E-state index contributed by atoms with van der Waals surface area (Å²) in [5.41, 5.74) is 0.882. The highest BCUT2D eigenvalue weighted by Gasteiger charge is 2.26. The molecule has 30 heavy (non-hydrogen) atoms. The zero-order valence-electron chi connectivity index (χ0n) is 17.3. The number of carbonyl (C=O) groups is 2. The van der Waals surface area contributed by atoms with E-state index in [1.807, 2.05) is 29.2 Å². The lowest BCUT2D eigenvalue weighted by Gasteiger charge is -2.33. The summed E-state index contributed by atoms with van der Waals surface area (Å²) in [5.74, 6) is 1.18. The molecule has 7 heteroatoms. The van der Waals surface area contributed by atoms with Crippen molar-refractivity contribution in [3.63, 3.8) is 0 Å². The monoisotopic (exact) mass is 430 g/mol. The van der Waals surface area contributed by atoms with E-state index in [0.717, 1.165) is 11.3 Å². The number of hydrogen-bond donors (Lipinski definition) is 1. The van der Waals surface area contributed by atoms with Crippen LogP contribution >= 0.6 is 11.6 Å². The van der Waals surface area contributed by atoms with Crippen molar-refractivity contribution in [2.45, 2.75) is 38.3 Å². The van der Waals surface area contributed by atoms with Crippen molar-refractivity contribution >= 4 is 23.4 Å². The van der Waals surface area contributed by atoms with E-state index in [9.17, 15) is 9.59 Å². The maximum Gasteiger partial charge on any atom is 0.260 e.